The zero-order valence-corrected chi connectivity index (χ0v) is 44.9. The number of hydrogen-bond acceptors (Lipinski definition) is 6. The Morgan fingerprint density at radius 2 is 0.537 bits per heavy atom. The minimum absolute atomic E-state index is 0.0825. The summed E-state index contributed by atoms with van der Waals surface area (Å²) < 4.78 is 16.9. The fourth-order valence-corrected chi connectivity index (χ4v) is 8.69. The number of carbonyl (C=O) groups is 3. The fourth-order valence-electron chi connectivity index (χ4n) is 8.69. The van der Waals surface area contributed by atoms with Gasteiger partial charge < -0.3 is 14.2 Å². The van der Waals surface area contributed by atoms with Gasteiger partial charge in [0.05, 0.1) is 0 Å². The van der Waals surface area contributed by atoms with E-state index >= 15 is 0 Å². The quantitative estimate of drug-likeness (QED) is 0.0262. The third kappa shape index (κ3) is 54.4. The van der Waals surface area contributed by atoms with E-state index in [4.69, 9.17) is 14.2 Å². The van der Waals surface area contributed by atoms with Crippen molar-refractivity contribution >= 4 is 17.9 Å². The zero-order chi connectivity index (χ0) is 48.6. The van der Waals surface area contributed by atoms with E-state index in [1.165, 1.54) is 205 Å². The molecule has 0 aliphatic carbocycles. The van der Waals surface area contributed by atoms with E-state index in [9.17, 15) is 14.4 Å². The van der Waals surface area contributed by atoms with Gasteiger partial charge in [-0.2, -0.15) is 0 Å². The Kier molecular flexibility index (Phi) is 54.2. The molecule has 1 atom stereocenters. The first kappa shape index (κ1) is 64.6. The molecule has 0 rings (SSSR count). The molecule has 0 radical (unpaired) electrons. The fraction of sp³-hybridized carbons (Fsp3) is 0.852. The smallest absolute Gasteiger partial charge is 0.306 e. The first-order valence-corrected chi connectivity index (χ1v) is 29.5. The van der Waals surface area contributed by atoms with Crippen molar-refractivity contribution in [2.45, 2.75) is 322 Å². The van der Waals surface area contributed by atoms with Crippen LogP contribution in [0.2, 0.25) is 0 Å². The van der Waals surface area contributed by atoms with Gasteiger partial charge in [-0.25, -0.2) is 0 Å². The first-order chi connectivity index (χ1) is 33.0. The van der Waals surface area contributed by atoms with E-state index in [1.54, 1.807) is 0 Å². The van der Waals surface area contributed by atoms with Crippen LogP contribution in [-0.2, 0) is 28.6 Å². The van der Waals surface area contributed by atoms with Crippen LogP contribution in [0.5, 0.6) is 0 Å². The number of esters is 3. The van der Waals surface area contributed by atoms with Gasteiger partial charge >= 0.3 is 17.9 Å². The minimum atomic E-state index is -0.788. The highest BCUT2D eigenvalue weighted by molar-refractivity contribution is 5.71. The standard InChI is InChI=1S/C61H112O6/c1-4-7-10-13-16-19-22-25-28-29-30-31-34-36-39-42-45-48-51-54-60(63)66-57-58(67-61(64)55-52-49-46-43-40-37-33-27-24-21-18-15-12-9-6-3)56-65-59(62)53-50-47-44-41-38-35-32-26-23-20-17-14-11-8-5-2/h18,21,27,33,40,43,58H,4-17,19-20,22-26,28-32,34-39,41-42,44-57H2,1-3H3/b21-18-,33-27-,43-40-/t58-/m0/s1. The molecule has 392 valence electrons. The SMILES string of the molecule is CCCCC/C=C\C/C=C\C/C=C\CCCCC(=O)O[C@@H](COC(=O)CCCCCCCCCCCCCCCCC)COC(=O)CCCCCCCCCCCCCCCCCCCCC. The lowest BCUT2D eigenvalue weighted by atomic mass is 10.0. The highest BCUT2D eigenvalue weighted by atomic mass is 16.6. The summed E-state index contributed by atoms with van der Waals surface area (Å²) in [5.41, 5.74) is 0. The van der Waals surface area contributed by atoms with Crippen molar-refractivity contribution in [3.8, 4) is 0 Å². The average Bonchev–Trinajstić information content (AvgIpc) is 3.33. The van der Waals surface area contributed by atoms with Crippen molar-refractivity contribution < 1.29 is 28.6 Å². The maximum absolute atomic E-state index is 12.8. The molecular weight excluding hydrogens is 829 g/mol. The molecule has 0 heterocycles. The molecular formula is C61H112O6. The molecule has 0 aromatic heterocycles. The number of ether oxygens (including phenoxy) is 3. The molecule has 0 unspecified atom stereocenters. The minimum Gasteiger partial charge on any atom is -0.462 e. The Labute approximate surface area is 416 Å². The summed E-state index contributed by atoms with van der Waals surface area (Å²) in [5, 5.41) is 0. The summed E-state index contributed by atoms with van der Waals surface area (Å²) in [6, 6.07) is 0. The lowest BCUT2D eigenvalue weighted by Gasteiger charge is -2.18. The summed E-state index contributed by atoms with van der Waals surface area (Å²) in [4.78, 5) is 38.1. The van der Waals surface area contributed by atoms with Crippen LogP contribution in [0.15, 0.2) is 36.5 Å². The Bertz CT molecular complexity index is 1130. The monoisotopic (exact) mass is 941 g/mol. The number of hydrogen-bond donors (Lipinski definition) is 0. The maximum Gasteiger partial charge on any atom is 0.306 e. The van der Waals surface area contributed by atoms with Crippen LogP contribution in [0.4, 0.5) is 0 Å². The largest absolute Gasteiger partial charge is 0.462 e. The van der Waals surface area contributed by atoms with Gasteiger partial charge in [-0.05, 0) is 57.8 Å². The third-order valence-electron chi connectivity index (χ3n) is 13.1. The number of rotatable bonds is 54. The van der Waals surface area contributed by atoms with Crippen LogP contribution in [0.1, 0.15) is 316 Å². The van der Waals surface area contributed by atoms with Gasteiger partial charge in [-0.1, -0.05) is 276 Å². The molecule has 0 bridgehead atoms. The second-order valence-corrected chi connectivity index (χ2v) is 19.9. The molecule has 0 aliphatic rings. The summed E-state index contributed by atoms with van der Waals surface area (Å²) >= 11 is 0. The topological polar surface area (TPSA) is 78.9 Å². The van der Waals surface area contributed by atoms with Crippen LogP contribution in [0.25, 0.3) is 0 Å². The molecule has 6 nitrogen and oxygen atoms in total. The van der Waals surface area contributed by atoms with Crippen LogP contribution in [0, 0.1) is 0 Å². The van der Waals surface area contributed by atoms with E-state index < -0.39 is 6.10 Å². The first-order valence-electron chi connectivity index (χ1n) is 29.5. The Morgan fingerprint density at radius 3 is 0.866 bits per heavy atom. The summed E-state index contributed by atoms with van der Waals surface area (Å²) in [5.74, 6) is -0.901. The van der Waals surface area contributed by atoms with Crippen molar-refractivity contribution in [1.29, 1.82) is 0 Å². The summed E-state index contributed by atoms with van der Waals surface area (Å²) in [6.07, 6.45) is 67.1. The Balaban J connectivity index is 4.35. The molecule has 67 heavy (non-hydrogen) atoms. The molecule has 0 spiro atoms. The molecule has 6 heteroatoms. The van der Waals surface area contributed by atoms with E-state index in [2.05, 4.69) is 57.2 Å². The predicted molar refractivity (Wildman–Crippen MR) is 289 cm³/mol. The van der Waals surface area contributed by atoms with Crippen molar-refractivity contribution in [1.82, 2.24) is 0 Å². The summed E-state index contributed by atoms with van der Waals surface area (Å²) in [6.45, 7) is 6.63. The number of allylic oxidation sites excluding steroid dienone is 6. The van der Waals surface area contributed by atoms with Crippen LogP contribution in [-0.4, -0.2) is 37.2 Å². The molecule has 0 saturated heterocycles. The Hall–Kier alpha value is -2.37. The van der Waals surface area contributed by atoms with Gasteiger partial charge in [0.1, 0.15) is 13.2 Å². The second-order valence-electron chi connectivity index (χ2n) is 19.9. The number of carbonyl (C=O) groups excluding carboxylic acids is 3. The van der Waals surface area contributed by atoms with Gasteiger partial charge in [0.2, 0.25) is 0 Å². The van der Waals surface area contributed by atoms with Gasteiger partial charge in [-0.3, -0.25) is 14.4 Å². The van der Waals surface area contributed by atoms with E-state index in [0.29, 0.717) is 19.3 Å². The number of unbranched alkanes of at least 4 members (excludes halogenated alkanes) is 37. The van der Waals surface area contributed by atoms with E-state index in [0.717, 1.165) is 64.2 Å². The molecule has 0 aromatic rings. The predicted octanol–water partition coefficient (Wildman–Crippen LogP) is 19.7. The van der Waals surface area contributed by atoms with Crippen LogP contribution in [0.3, 0.4) is 0 Å². The molecule has 0 fully saturated rings. The Morgan fingerprint density at radius 1 is 0.299 bits per heavy atom. The lowest BCUT2D eigenvalue weighted by Crippen LogP contribution is -2.30. The highest BCUT2D eigenvalue weighted by Gasteiger charge is 2.19. The van der Waals surface area contributed by atoms with Crippen LogP contribution < -0.4 is 0 Å². The van der Waals surface area contributed by atoms with Crippen molar-refractivity contribution in [2.24, 2.45) is 0 Å². The van der Waals surface area contributed by atoms with Crippen molar-refractivity contribution in [3.63, 3.8) is 0 Å². The highest BCUT2D eigenvalue weighted by Crippen LogP contribution is 2.17. The molecule has 0 N–H and O–H groups in total. The summed E-state index contributed by atoms with van der Waals surface area (Å²) in [7, 11) is 0. The second kappa shape index (κ2) is 56.2. The van der Waals surface area contributed by atoms with Gasteiger partial charge in [0.15, 0.2) is 6.10 Å². The van der Waals surface area contributed by atoms with E-state index in [-0.39, 0.29) is 37.5 Å². The maximum atomic E-state index is 12.8. The van der Waals surface area contributed by atoms with Gasteiger partial charge in [-0.15, -0.1) is 0 Å². The average molecular weight is 942 g/mol. The van der Waals surface area contributed by atoms with Crippen LogP contribution >= 0.6 is 0 Å². The van der Waals surface area contributed by atoms with Crippen molar-refractivity contribution in [3.05, 3.63) is 36.5 Å². The molecule has 0 aromatic carbocycles. The van der Waals surface area contributed by atoms with Gasteiger partial charge in [0.25, 0.3) is 0 Å². The molecule has 0 saturated carbocycles. The lowest BCUT2D eigenvalue weighted by molar-refractivity contribution is -0.167. The molecule has 0 amide bonds. The normalized spacial score (nSPS) is 12.2. The third-order valence-corrected chi connectivity index (χ3v) is 13.1. The van der Waals surface area contributed by atoms with Gasteiger partial charge in [0, 0.05) is 19.3 Å². The van der Waals surface area contributed by atoms with E-state index in [1.807, 2.05) is 0 Å². The molecule has 0 aliphatic heterocycles. The van der Waals surface area contributed by atoms with Crippen molar-refractivity contribution in [2.75, 3.05) is 13.2 Å². The zero-order valence-electron chi connectivity index (χ0n) is 44.9.